The van der Waals surface area contributed by atoms with Gasteiger partial charge in [-0.05, 0) is 43.6 Å². The second kappa shape index (κ2) is 6.59. The molecule has 1 unspecified atom stereocenters. The van der Waals surface area contributed by atoms with E-state index in [1.165, 1.54) is 37.0 Å². The van der Waals surface area contributed by atoms with Gasteiger partial charge in [-0.25, -0.2) is 4.98 Å². The molecule has 0 aliphatic carbocycles. The van der Waals surface area contributed by atoms with Gasteiger partial charge < -0.3 is 9.88 Å². The first-order chi connectivity index (χ1) is 11.3. The van der Waals surface area contributed by atoms with E-state index in [0.717, 1.165) is 38.2 Å². The lowest BCUT2D eigenvalue weighted by atomic mass is 10.0. The van der Waals surface area contributed by atoms with Gasteiger partial charge in [-0.1, -0.05) is 6.07 Å². The molecule has 0 bridgehead atoms. The second-order valence-corrected chi connectivity index (χ2v) is 6.91. The molecule has 0 spiro atoms. The van der Waals surface area contributed by atoms with Gasteiger partial charge in [0.2, 0.25) is 0 Å². The summed E-state index contributed by atoms with van der Waals surface area (Å²) in [4.78, 5) is 9.84. The van der Waals surface area contributed by atoms with Crippen LogP contribution in [0.15, 0.2) is 24.5 Å². The highest BCUT2D eigenvalue weighted by molar-refractivity contribution is 5.76. The molecule has 1 aromatic carbocycles. The van der Waals surface area contributed by atoms with E-state index in [9.17, 15) is 0 Å². The number of fused-ring (bicyclic) bond motifs is 1. The largest absolute Gasteiger partial charge is 0.334 e. The summed E-state index contributed by atoms with van der Waals surface area (Å²) in [5.41, 5.74) is 3.77. The molecule has 0 radical (unpaired) electrons. The molecular weight excluding hydrogens is 286 g/mol. The predicted octanol–water partition coefficient (Wildman–Crippen LogP) is 1.62. The van der Waals surface area contributed by atoms with Crippen molar-refractivity contribution in [3.8, 4) is 0 Å². The molecule has 1 N–H and O–H groups in total. The van der Waals surface area contributed by atoms with Crippen LogP contribution in [-0.4, -0.2) is 65.2 Å². The second-order valence-electron chi connectivity index (χ2n) is 6.91. The fourth-order valence-electron chi connectivity index (χ4n) is 3.98. The minimum atomic E-state index is 0.502. The van der Waals surface area contributed by atoms with Gasteiger partial charge in [-0.3, -0.25) is 9.80 Å². The van der Waals surface area contributed by atoms with Crippen LogP contribution >= 0.6 is 0 Å². The van der Waals surface area contributed by atoms with Crippen molar-refractivity contribution in [1.82, 2.24) is 24.7 Å². The van der Waals surface area contributed by atoms with Crippen molar-refractivity contribution in [2.75, 3.05) is 45.8 Å². The van der Waals surface area contributed by atoms with Crippen LogP contribution in [0, 0.1) is 0 Å². The number of nitrogens with one attached hydrogen (secondary N) is 1. The highest BCUT2D eigenvalue weighted by Gasteiger charge is 2.26. The molecule has 1 atom stereocenters. The Balaban J connectivity index is 1.61. The predicted molar refractivity (Wildman–Crippen MR) is 93.6 cm³/mol. The molecule has 4 rings (SSSR count). The molecule has 2 saturated heterocycles. The number of aryl methyl sites for hydroxylation is 1. The Morgan fingerprint density at radius 3 is 2.70 bits per heavy atom. The van der Waals surface area contributed by atoms with Crippen LogP contribution in [0.1, 0.15) is 24.4 Å². The monoisotopic (exact) mass is 313 g/mol. The third-order valence-electron chi connectivity index (χ3n) is 5.36. The first-order valence-electron chi connectivity index (χ1n) is 8.89. The maximum atomic E-state index is 4.56. The molecule has 124 valence electrons. The lowest BCUT2D eigenvalue weighted by Gasteiger charge is -2.35. The minimum absolute atomic E-state index is 0.502. The van der Waals surface area contributed by atoms with Gasteiger partial charge in [-0.15, -0.1) is 0 Å². The smallest absolute Gasteiger partial charge is 0.0955 e. The molecule has 2 fully saturated rings. The Labute approximate surface area is 138 Å². The highest BCUT2D eigenvalue weighted by atomic mass is 15.2. The number of imidazole rings is 1. The summed E-state index contributed by atoms with van der Waals surface area (Å²) >= 11 is 0. The zero-order chi connectivity index (χ0) is 15.6. The van der Waals surface area contributed by atoms with Crippen molar-refractivity contribution >= 4 is 11.0 Å². The quantitative estimate of drug-likeness (QED) is 0.930. The van der Waals surface area contributed by atoms with Crippen molar-refractivity contribution < 1.29 is 0 Å². The molecule has 3 heterocycles. The van der Waals surface area contributed by atoms with Crippen LogP contribution in [0.2, 0.25) is 0 Å². The van der Waals surface area contributed by atoms with Gasteiger partial charge in [0.15, 0.2) is 0 Å². The number of hydrogen-bond donors (Lipinski definition) is 1. The zero-order valence-electron chi connectivity index (χ0n) is 14.0. The number of hydrogen-bond acceptors (Lipinski definition) is 4. The number of likely N-dealkylation sites (tertiary alicyclic amines) is 1. The summed E-state index contributed by atoms with van der Waals surface area (Å²) in [6.45, 7) is 8.17. The number of benzene rings is 1. The zero-order valence-corrected chi connectivity index (χ0v) is 14.0. The van der Waals surface area contributed by atoms with E-state index in [1.54, 1.807) is 0 Å². The van der Waals surface area contributed by atoms with E-state index in [2.05, 4.69) is 49.9 Å². The minimum Gasteiger partial charge on any atom is -0.334 e. The summed E-state index contributed by atoms with van der Waals surface area (Å²) in [5, 5.41) is 3.46. The van der Waals surface area contributed by atoms with Gasteiger partial charge in [0.25, 0.3) is 0 Å². The molecule has 2 aromatic rings. The lowest BCUT2D eigenvalue weighted by Crippen LogP contribution is -2.47. The van der Waals surface area contributed by atoms with E-state index in [-0.39, 0.29) is 0 Å². The van der Waals surface area contributed by atoms with Crippen LogP contribution in [0.5, 0.6) is 0 Å². The fraction of sp³-hybridized carbons (Fsp3) is 0.611. The summed E-state index contributed by atoms with van der Waals surface area (Å²) in [7, 11) is 2.06. The fourth-order valence-corrected chi connectivity index (χ4v) is 3.98. The first-order valence-corrected chi connectivity index (χ1v) is 8.89. The number of piperazine rings is 1. The maximum absolute atomic E-state index is 4.56. The van der Waals surface area contributed by atoms with E-state index in [4.69, 9.17) is 0 Å². The van der Waals surface area contributed by atoms with E-state index in [0.29, 0.717) is 6.04 Å². The van der Waals surface area contributed by atoms with Crippen LogP contribution in [-0.2, 0) is 7.05 Å². The van der Waals surface area contributed by atoms with Gasteiger partial charge in [0.05, 0.1) is 17.4 Å². The van der Waals surface area contributed by atoms with E-state index >= 15 is 0 Å². The van der Waals surface area contributed by atoms with Crippen molar-refractivity contribution in [1.29, 1.82) is 0 Å². The highest BCUT2D eigenvalue weighted by Crippen LogP contribution is 2.28. The summed E-state index contributed by atoms with van der Waals surface area (Å²) in [5.74, 6) is 0. The molecule has 5 heteroatoms. The van der Waals surface area contributed by atoms with Gasteiger partial charge in [0.1, 0.15) is 0 Å². The Kier molecular flexibility index (Phi) is 4.33. The number of nitrogens with zero attached hydrogens (tertiary/aromatic N) is 4. The number of aromatic nitrogens is 2. The molecular formula is C18H27N5. The molecule has 0 saturated carbocycles. The normalized spacial score (nSPS) is 22.0. The average Bonchev–Trinajstić information content (AvgIpc) is 3.24. The number of rotatable bonds is 4. The Bertz CT molecular complexity index is 652. The standard InChI is InChI=1S/C18H27N5/c1-21-14-20-16-12-15(4-5-17(16)21)18(23-8-2-3-9-23)13-22-10-6-19-7-11-22/h4-5,12,14,18-19H,2-3,6-11,13H2,1H3. The van der Waals surface area contributed by atoms with Crippen LogP contribution < -0.4 is 5.32 Å². The van der Waals surface area contributed by atoms with Crippen molar-refractivity contribution in [2.24, 2.45) is 7.05 Å². The average molecular weight is 313 g/mol. The molecule has 2 aliphatic rings. The molecule has 1 aromatic heterocycles. The Morgan fingerprint density at radius 2 is 1.91 bits per heavy atom. The van der Waals surface area contributed by atoms with E-state index in [1.807, 2.05) is 6.33 Å². The van der Waals surface area contributed by atoms with E-state index < -0.39 is 0 Å². The lowest BCUT2D eigenvalue weighted by molar-refractivity contribution is 0.150. The van der Waals surface area contributed by atoms with Crippen LogP contribution in [0.4, 0.5) is 0 Å². The Morgan fingerprint density at radius 1 is 1.13 bits per heavy atom. The molecule has 23 heavy (non-hydrogen) atoms. The molecule has 2 aliphatic heterocycles. The van der Waals surface area contributed by atoms with Gasteiger partial charge in [-0.2, -0.15) is 0 Å². The third kappa shape index (κ3) is 3.13. The van der Waals surface area contributed by atoms with Crippen LogP contribution in [0.25, 0.3) is 11.0 Å². The van der Waals surface area contributed by atoms with Crippen molar-refractivity contribution in [2.45, 2.75) is 18.9 Å². The van der Waals surface area contributed by atoms with Crippen molar-refractivity contribution in [3.63, 3.8) is 0 Å². The topological polar surface area (TPSA) is 36.3 Å². The van der Waals surface area contributed by atoms with Gasteiger partial charge >= 0.3 is 0 Å². The first kappa shape index (κ1) is 15.1. The van der Waals surface area contributed by atoms with Gasteiger partial charge in [0, 0.05) is 45.8 Å². The van der Waals surface area contributed by atoms with Crippen molar-refractivity contribution in [3.05, 3.63) is 30.1 Å². The maximum Gasteiger partial charge on any atom is 0.0955 e. The summed E-state index contributed by atoms with van der Waals surface area (Å²) in [6.07, 6.45) is 4.59. The molecule has 0 amide bonds. The van der Waals surface area contributed by atoms with Crippen LogP contribution in [0.3, 0.4) is 0 Å². The Hall–Kier alpha value is -1.43. The third-order valence-corrected chi connectivity index (χ3v) is 5.36. The molecule has 5 nitrogen and oxygen atoms in total. The SMILES string of the molecule is Cn1cnc2cc(C(CN3CCNCC3)N3CCCC3)ccc21. The summed E-state index contributed by atoms with van der Waals surface area (Å²) in [6, 6.07) is 7.36. The summed E-state index contributed by atoms with van der Waals surface area (Å²) < 4.78 is 2.10.